The summed E-state index contributed by atoms with van der Waals surface area (Å²) >= 11 is 0. The zero-order valence-electron chi connectivity index (χ0n) is 9.83. The predicted octanol–water partition coefficient (Wildman–Crippen LogP) is 2.49. The van der Waals surface area contributed by atoms with Crippen molar-refractivity contribution in [3.63, 3.8) is 0 Å². The zero-order chi connectivity index (χ0) is 13.1. The highest BCUT2D eigenvalue weighted by molar-refractivity contribution is 5.38. The highest BCUT2D eigenvalue weighted by Crippen LogP contribution is 2.21. The molecule has 0 spiro atoms. The van der Waals surface area contributed by atoms with Crippen LogP contribution in [0.2, 0.25) is 0 Å². The molecule has 0 saturated heterocycles. The van der Waals surface area contributed by atoms with Crippen LogP contribution < -0.4 is 10.6 Å². The third-order valence-corrected chi connectivity index (χ3v) is 2.42. The normalized spacial score (nSPS) is 13.5. The molecule has 17 heavy (non-hydrogen) atoms. The number of anilines is 1. The second-order valence-electron chi connectivity index (χ2n) is 4.03. The van der Waals surface area contributed by atoms with Crippen LogP contribution >= 0.6 is 0 Å². The first kappa shape index (κ1) is 13.8. The fraction of sp³-hybridized carbons (Fsp3) is 0.545. The van der Waals surface area contributed by atoms with Crippen LogP contribution in [0.4, 0.5) is 19.0 Å². The van der Waals surface area contributed by atoms with Crippen molar-refractivity contribution in [1.82, 2.24) is 4.98 Å². The SMILES string of the molecule is C[C@H](N)c1ccc(N(C)CCC(F)(F)F)nc1. The minimum absolute atomic E-state index is 0.103. The average molecular weight is 247 g/mol. The Kier molecular flexibility index (Phi) is 4.34. The van der Waals surface area contributed by atoms with Gasteiger partial charge in [-0.3, -0.25) is 0 Å². The molecule has 0 fully saturated rings. The second kappa shape index (κ2) is 5.35. The van der Waals surface area contributed by atoms with Gasteiger partial charge >= 0.3 is 6.18 Å². The Bertz CT molecular complexity index is 346. The molecule has 96 valence electrons. The quantitative estimate of drug-likeness (QED) is 0.888. The summed E-state index contributed by atoms with van der Waals surface area (Å²) in [5, 5.41) is 0. The molecular formula is C11H16F3N3. The van der Waals surface area contributed by atoms with E-state index in [1.165, 1.54) is 4.90 Å². The zero-order valence-corrected chi connectivity index (χ0v) is 9.83. The third-order valence-electron chi connectivity index (χ3n) is 2.42. The van der Waals surface area contributed by atoms with Crippen LogP contribution in [0.5, 0.6) is 0 Å². The van der Waals surface area contributed by atoms with Crippen LogP contribution in [0, 0.1) is 0 Å². The number of alkyl halides is 3. The van der Waals surface area contributed by atoms with Crippen LogP contribution in [-0.4, -0.2) is 24.8 Å². The monoisotopic (exact) mass is 247 g/mol. The van der Waals surface area contributed by atoms with Crippen LogP contribution in [0.25, 0.3) is 0 Å². The topological polar surface area (TPSA) is 42.1 Å². The van der Waals surface area contributed by atoms with Gasteiger partial charge in [0.2, 0.25) is 0 Å². The van der Waals surface area contributed by atoms with Crippen LogP contribution in [0.15, 0.2) is 18.3 Å². The number of hydrogen-bond donors (Lipinski definition) is 1. The molecule has 0 aliphatic rings. The van der Waals surface area contributed by atoms with Crippen molar-refractivity contribution in [2.75, 3.05) is 18.5 Å². The summed E-state index contributed by atoms with van der Waals surface area (Å²) in [6.07, 6.45) is -3.40. The van der Waals surface area contributed by atoms with Gasteiger partial charge in [-0.05, 0) is 18.6 Å². The first-order valence-corrected chi connectivity index (χ1v) is 5.29. The van der Waals surface area contributed by atoms with Gasteiger partial charge in [-0.1, -0.05) is 6.07 Å². The van der Waals surface area contributed by atoms with Crippen molar-refractivity contribution in [2.24, 2.45) is 5.73 Å². The molecular weight excluding hydrogens is 231 g/mol. The lowest BCUT2D eigenvalue weighted by molar-refractivity contribution is -0.132. The van der Waals surface area contributed by atoms with Gasteiger partial charge in [0.1, 0.15) is 5.82 Å². The van der Waals surface area contributed by atoms with E-state index in [2.05, 4.69) is 4.98 Å². The van der Waals surface area contributed by atoms with Gasteiger partial charge in [0.15, 0.2) is 0 Å². The number of pyridine rings is 1. The summed E-state index contributed by atoms with van der Waals surface area (Å²) in [5.74, 6) is 0.513. The molecule has 0 saturated carbocycles. The van der Waals surface area contributed by atoms with Crippen molar-refractivity contribution in [1.29, 1.82) is 0 Å². The molecule has 1 heterocycles. The van der Waals surface area contributed by atoms with Crippen LogP contribution in [0.3, 0.4) is 0 Å². The Morgan fingerprint density at radius 1 is 1.41 bits per heavy atom. The molecule has 0 unspecified atom stereocenters. The van der Waals surface area contributed by atoms with Crippen LogP contribution in [0.1, 0.15) is 24.9 Å². The van der Waals surface area contributed by atoms with E-state index in [1.54, 1.807) is 25.4 Å². The van der Waals surface area contributed by atoms with Gasteiger partial charge in [0, 0.05) is 25.8 Å². The molecule has 0 radical (unpaired) electrons. The Morgan fingerprint density at radius 2 is 2.06 bits per heavy atom. The van der Waals surface area contributed by atoms with E-state index < -0.39 is 12.6 Å². The van der Waals surface area contributed by atoms with Gasteiger partial charge in [-0.15, -0.1) is 0 Å². The maximum Gasteiger partial charge on any atom is 0.390 e. The van der Waals surface area contributed by atoms with Gasteiger partial charge in [0.05, 0.1) is 6.42 Å². The summed E-state index contributed by atoms with van der Waals surface area (Å²) in [7, 11) is 1.58. The standard InChI is InChI=1S/C11H16F3N3/c1-8(15)9-3-4-10(16-7-9)17(2)6-5-11(12,13)14/h3-4,7-8H,5-6,15H2,1-2H3/t8-/m0/s1. The van der Waals surface area contributed by atoms with Crippen molar-refractivity contribution < 1.29 is 13.2 Å². The minimum Gasteiger partial charge on any atom is -0.359 e. The van der Waals surface area contributed by atoms with Gasteiger partial charge < -0.3 is 10.6 Å². The van der Waals surface area contributed by atoms with E-state index in [1.807, 2.05) is 6.92 Å². The van der Waals surface area contributed by atoms with Crippen molar-refractivity contribution in [3.8, 4) is 0 Å². The van der Waals surface area contributed by atoms with Gasteiger partial charge in [-0.25, -0.2) is 4.98 Å². The van der Waals surface area contributed by atoms with Crippen molar-refractivity contribution in [2.45, 2.75) is 25.6 Å². The van der Waals surface area contributed by atoms with E-state index in [-0.39, 0.29) is 12.6 Å². The maximum atomic E-state index is 12.0. The van der Waals surface area contributed by atoms with Crippen LogP contribution in [-0.2, 0) is 0 Å². The van der Waals surface area contributed by atoms with E-state index >= 15 is 0 Å². The molecule has 1 aromatic rings. The molecule has 0 aliphatic carbocycles. The lowest BCUT2D eigenvalue weighted by Crippen LogP contribution is -2.24. The Hall–Kier alpha value is -1.30. The van der Waals surface area contributed by atoms with E-state index in [4.69, 9.17) is 5.73 Å². The van der Waals surface area contributed by atoms with E-state index in [0.717, 1.165) is 5.56 Å². The lowest BCUT2D eigenvalue weighted by Gasteiger charge is -2.19. The number of nitrogens with two attached hydrogens (primary N) is 1. The molecule has 1 rings (SSSR count). The number of halogens is 3. The smallest absolute Gasteiger partial charge is 0.359 e. The lowest BCUT2D eigenvalue weighted by atomic mass is 10.1. The molecule has 0 aliphatic heterocycles. The Balaban J connectivity index is 2.60. The second-order valence-corrected chi connectivity index (χ2v) is 4.03. The van der Waals surface area contributed by atoms with E-state index in [9.17, 15) is 13.2 Å². The third kappa shape index (κ3) is 4.60. The molecule has 0 aromatic carbocycles. The van der Waals surface area contributed by atoms with Crippen molar-refractivity contribution in [3.05, 3.63) is 23.9 Å². The summed E-state index contributed by atoms with van der Waals surface area (Å²) in [4.78, 5) is 5.55. The molecule has 6 heteroatoms. The number of nitrogens with zero attached hydrogens (tertiary/aromatic N) is 2. The fourth-order valence-corrected chi connectivity index (χ4v) is 1.30. The van der Waals surface area contributed by atoms with Gasteiger partial charge in [-0.2, -0.15) is 13.2 Å². The van der Waals surface area contributed by atoms with Crippen molar-refractivity contribution >= 4 is 5.82 Å². The number of rotatable bonds is 4. The maximum absolute atomic E-state index is 12.0. The molecule has 0 bridgehead atoms. The minimum atomic E-state index is -4.14. The summed E-state index contributed by atoms with van der Waals surface area (Å²) in [6, 6.07) is 3.32. The molecule has 3 nitrogen and oxygen atoms in total. The molecule has 0 amide bonds. The largest absolute Gasteiger partial charge is 0.390 e. The number of aromatic nitrogens is 1. The Labute approximate surface area is 98.4 Å². The predicted molar refractivity (Wildman–Crippen MR) is 60.8 cm³/mol. The summed E-state index contributed by atoms with van der Waals surface area (Å²) < 4.78 is 36.1. The highest BCUT2D eigenvalue weighted by atomic mass is 19.4. The fourth-order valence-electron chi connectivity index (χ4n) is 1.30. The highest BCUT2D eigenvalue weighted by Gasteiger charge is 2.27. The Morgan fingerprint density at radius 3 is 2.47 bits per heavy atom. The average Bonchev–Trinajstić information content (AvgIpc) is 2.25. The molecule has 1 atom stereocenters. The molecule has 2 N–H and O–H groups in total. The van der Waals surface area contributed by atoms with E-state index in [0.29, 0.717) is 5.82 Å². The molecule has 1 aromatic heterocycles. The summed E-state index contributed by atoms with van der Waals surface area (Å²) in [5.41, 5.74) is 6.51. The summed E-state index contributed by atoms with van der Waals surface area (Å²) in [6.45, 7) is 1.72. The van der Waals surface area contributed by atoms with Gasteiger partial charge in [0.25, 0.3) is 0 Å². The first-order valence-electron chi connectivity index (χ1n) is 5.29. The first-order chi connectivity index (χ1) is 7.79. The number of hydrogen-bond acceptors (Lipinski definition) is 3.